The van der Waals surface area contributed by atoms with E-state index < -0.39 is 0 Å². The van der Waals surface area contributed by atoms with E-state index in [0.717, 1.165) is 23.7 Å². The van der Waals surface area contributed by atoms with Gasteiger partial charge in [0.15, 0.2) is 5.84 Å². The number of rotatable bonds is 4. The minimum atomic E-state index is 0.179. The maximum Gasteiger partial charge on any atom is 0.170 e. The molecule has 0 amide bonds. The fraction of sp³-hybridized carbons (Fsp3) is 0.562. The highest BCUT2D eigenvalue weighted by Gasteiger charge is 2.31. The van der Waals surface area contributed by atoms with Crippen molar-refractivity contribution in [3.8, 4) is 0 Å². The Kier molecular flexibility index (Phi) is 4.41. The van der Waals surface area contributed by atoms with Crippen LogP contribution in [0.25, 0.3) is 0 Å². The number of oxime groups is 1. The summed E-state index contributed by atoms with van der Waals surface area (Å²) in [6.07, 6.45) is 5.15. The second-order valence-corrected chi connectivity index (χ2v) is 6.08. The molecule has 2 aliphatic heterocycles. The molecule has 0 bridgehead atoms. The van der Waals surface area contributed by atoms with E-state index in [0.29, 0.717) is 6.04 Å². The number of fused-ring (bicyclic) bond motifs is 1. The first-order valence-corrected chi connectivity index (χ1v) is 7.81. The molecule has 0 radical (unpaired) electrons. The Labute approximate surface area is 125 Å². The lowest BCUT2D eigenvalue weighted by Crippen LogP contribution is -2.45. The molecule has 3 rings (SSSR count). The van der Waals surface area contributed by atoms with Gasteiger partial charge >= 0.3 is 0 Å². The van der Waals surface area contributed by atoms with E-state index in [-0.39, 0.29) is 5.84 Å². The van der Waals surface area contributed by atoms with Crippen molar-refractivity contribution < 1.29 is 5.21 Å². The van der Waals surface area contributed by atoms with Crippen LogP contribution in [0.5, 0.6) is 0 Å². The first-order chi connectivity index (χ1) is 10.3. The number of piperidine rings is 1. The van der Waals surface area contributed by atoms with Gasteiger partial charge in [0.25, 0.3) is 0 Å². The summed E-state index contributed by atoms with van der Waals surface area (Å²) in [7, 11) is 0. The first kappa shape index (κ1) is 14.4. The van der Waals surface area contributed by atoms with Crippen molar-refractivity contribution in [3.05, 3.63) is 35.4 Å². The van der Waals surface area contributed by atoms with Crippen LogP contribution in [0, 0.1) is 0 Å². The lowest BCUT2D eigenvalue weighted by molar-refractivity contribution is 0.166. The number of amidine groups is 1. The molecule has 2 heterocycles. The second-order valence-electron chi connectivity index (χ2n) is 6.08. The Morgan fingerprint density at radius 1 is 1.33 bits per heavy atom. The van der Waals surface area contributed by atoms with Crippen LogP contribution in [0.2, 0.25) is 0 Å². The minimum absolute atomic E-state index is 0.179. The molecule has 2 atom stereocenters. The molecule has 4 N–H and O–H groups in total. The van der Waals surface area contributed by atoms with Crippen LogP contribution < -0.4 is 11.1 Å². The molecular weight excluding hydrogens is 264 g/mol. The third-order valence-corrected chi connectivity index (χ3v) is 4.80. The minimum Gasteiger partial charge on any atom is -0.409 e. The number of nitrogens with one attached hydrogen (secondary N) is 1. The van der Waals surface area contributed by atoms with Gasteiger partial charge in [0.2, 0.25) is 0 Å². The molecule has 2 unspecified atom stereocenters. The van der Waals surface area contributed by atoms with Crippen LogP contribution in [0.1, 0.15) is 36.8 Å². The third-order valence-electron chi connectivity index (χ3n) is 4.80. The Hall–Kier alpha value is -1.59. The summed E-state index contributed by atoms with van der Waals surface area (Å²) in [6.45, 7) is 3.26. The Morgan fingerprint density at radius 2 is 2.19 bits per heavy atom. The summed E-state index contributed by atoms with van der Waals surface area (Å²) in [5.41, 5.74) is 7.64. The molecule has 0 aromatic heterocycles. The topological polar surface area (TPSA) is 73.9 Å². The van der Waals surface area contributed by atoms with E-state index in [2.05, 4.69) is 15.4 Å². The summed E-state index contributed by atoms with van der Waals surface area (Å²) < 4.78 is 0. The highest BCUT2D eigenvalue weighted by Crippen LogP contribution is 2.27. The van der Waals surface area contributed by atoms with Crippen molar-refractivity contribution in [1.29, 1.82) is 0 Å². The molecule has 5 nitrogen and oxygen atoms in total. The molecule has 5 heteroatoms. The van der Waals surface area contributed by atoms with Crippen molar-refractivity contribution in [2.45, 2.75) is 44.3 Å². The van der Waals surface area contributed by atoms with Gasteiger partial charge in [-0.05, 0) is 44.3 Å². The van der Waals surface area contributed by atoms with Crippen molar-refractivity contribution in [1.82, 2.24) is 10.2 Å². The van der Waals surface area contributed by atoms with E-state index in [1.54, 1.807) is 0 Å². The Morgan fingerprint density at radius 3 is 3.05 bits per heavy atom. The molecular formula is C16H24N4O. The van der Waals surface area contributed by atoms with Crippen molar-refractivity contribution in [2.24, 2.45) is 10.9 Å². The van der Waals surface area contributed by atoms with E-state index in [9.17, 15) is 0 Å². The van der Waals surface area contributed by atoms with E-state index in [1.807, 2.05) is 24.3 Å². The average Bonchev–Trinajstić information content (AvgIpc) is 3.00. The average molecular weight is 288 g/mol. The molecule has 2 saturated heterocycles. The van der Waals surface area contributed by atoms with Crippen molar-refractivity contribution in [2.75, 3.05) is 13.1 Å². The van der Waals surface area contributed by atoms with Gasteiger partial charge in [-0.25, -0.2) is 0 Å². The number of nitrogens with zero attached hydrogens (tertiary/aromatic N) is 2. The summed E-state index contributed by atoms with van der Waals surface area (Å²) in [4.78, 5) is 2.63. The van der Waals surface area contributed by atoms with Gasteiger partial charge in [-0.15, -0.1) is 0 Å². The quantitative estimate of drug-likeness (QED) is 0.340. The van der Waals surface area contributed by atoms with Gasteiger partial charge in [0.1, 0.15) is 0 Å². The predicted molar refractivity (Wildman–Crippen MR) is 83.4 cm³/mol. The zero-order valence-corrected chi connectivity index (χ0v) is 12.3. The van der Waals surface area contributed by atoms with Gasteiger partial charge in [0, 0.05) is 24.2 Å². The highest BCUT2D eigenvalue weighted by molar-refractivity contribution is 5.98. The lowest BCUT2D eigenvalue weighted by atomic mass is 9.97. The molecule has 1 aromatic rings. The van der Waals surface area contributed by atoms with Gasteiger partial charge in [-0.1, -0.05) is 29.4 Å². The zero-order chi connectivity index (χ0) is 14.7. The Balaban J connectivity index is 1.60. The van der Waals surface area contributed by atoms with Gasteiger partial charge < -0.3 is 21.2 Å². The number of nitrogens with two attached hydrogens (primary N) is 1. The molecule has 114 valence electrons. The van der Waals surface area contributed by atoms with Crippen LogP contribution >= 0.6 is 0 Å². The molecule has 1 aromatic carbocycles. The molecule has 0 saturated carbocycles. The largest absolute Gasteiger partial charge is 0.409 e. The monoisotopic (exact) mass is 288 g/mol. The lowest BCUT2D eigenvalue weighted by Gasteiger charge is -2.35. The first-order valence-electron chi connectivity index (χ1n) is 7.81. The zero-order valence-electron chi connectivity index (χ0n) is 12.3. The fourth-order valence-electron chi connectivity index (χ4n) is 3.64. The van der Waals surface area contributed by atoms with Crippen molar-refractivity contribution in [3.63, 3.8) is 0 Å². The van der Waals surface area contributed by atoms with E-state index in [4.69, 9.17) is 10.9 Å². The maximum atomic E-state index is 8.87. The van der Waals surface area contributed by atoms with Crippen molar-refractivity contribution >= 4 is 5.84 Å². The molecule has 0 aliphatic carbocycles. The number of hydrogen-bond donors (Lipinski definition) is 3. The second kappa shape index (κ2) is 6.45. The van der Waals surface area contributed by atoms with Gasteiger partial charge in [-0.2, -0.15) is 0 Å². The SMILES string of the molecule is N/C(=N/O)c1ccccc1CNC1CCN2CCCC2C1. The summed E-state index contributed by atoms with van der Waals surface area (Å²) >= 11 is 0. The van der Waals surface area contributed by atoms with Crippen LogP contribution in [0.15, 0.2) is 29.4 Å². The predicted octanol–water partition coefficient (Wildman–Crippen LogP) is 1.50. The van der Waals surface area contributed by atoms with Crippen LogP contribution in [-0.4, -0.2) is 41.1 Å². The van der Waals surface area contributed by atoms with Crippen LogP contribution in [0.4, 0.5) is 0 Å². The summed E-state index contributed by atoms with van der Waals surface area (Å²) in [5.74, 6) is 0.179. The van der Waals surface area contributed by atoms with Gasteiger partial charge in [-0.3, -0.25) is 0 Å². The van der Waals surface area contributed by atoms with E-state index in [1.165, 1.54) is 38.8 Å². The van der Waals surface area contributed by atoms with Crippen LogP contribution in [-0.2, 0) is 6.54 Å². The summed E-state index contributed by atoms with van der Waals surface area (Å²) in [6, 6.07) is 9.18. The standard InChI is InChI=1S/C16H24N4O/c17-16(19-21)15-6-2-1-4-12(15)11-18-13-7-9-20-8-3-5-14(20)10-13/h1-2,4,6,13-14,18,21H,3,5,7-11H2,(H2,17,19). The number of hydrogen-bond acceptors (Lipinski definition) is 4. The summed E-state index contributed by atoms with van der Waals surface area (Å²) in [5, 5.41) is 15.6. The number of benzene rings is 1. The fourth-order valence-corrected chi connectivity index (χ4v) is 3.64. The molecule has 21 heavy (non-hydrogen) atoms. The smallest absolute Gasteiger partial charge is 0.170 e. The van der Waals surface area contributed by atoms with E-state index >= 15 is 0 Å². The molecule has 0 spiro atoms. The normalized spacial score (nSPS) is 26.8. The highest BCUT2D eigenvalue weighted by atomic mass is 16.4. The molecule has 2 aliphatic rings. The van der Waals surface area contributed by atoms with Crippen LogP contribution in [0.3, 0.4) is 0 Å². The maximum absolute atomic E-state index is 8.87. The Bertz CT molecular complexity index is 517. The third kappa shape index (κ3) is 3.19. The van der Waals surface area contributed by atoms with Gasteiger partial charge in [0.05, 0.1) is 0 Å². The molecule has 2 fully saturated rings.